The van der Waals surface area contributed by atoms with Crippen molar-refractivity contribution in [2.45, 2.75) is 0 Å². The summed E-state index contributed by atoms with van der Waals surface area (Å²) < 4.78 is 24.0. The van der Waals surface area contributed by atoms with E-state index in [-0.39, 0.29) is 11.7 Å². The number of nitrogens with one attached hydrogen (secondary N) is 1. The summed E-state index contributed by atoms with van der Waals surface area (Å²) in [6, 6.07) is 22.5. The van der Waals surface area contributed by atoms with Crippen LogP contribution in [0, 0.1) is 5.82 Å². The van der Waals surface area contributed by atoms with Gasteiger partial charge in [-0.3, -0.25) is 4.79 Å². The molecule has 0 saturated carbocycles. The molecule has 0 atom stereocenters. The van der Waals surface area contributed by atoms with Crippen LogP contribution in [-0.4, -0.2) is 19.1 Å². The van der Waals surface area contributed by atoms with Crippen LogP contribution < -0.4 is 14.8 Å². The SMILES string of the molecule is O=C(C=Cc1ccc(F)cc1)Nc1ccc(OCCOc2ccccc2)cc1. The maximum absolute atomic E-state index is 12.9. The van der Waals surface area contributed by atoms with E-state index in [9.17, 15) is 9.18 Å². The molecular formula is C23H20FNO3. The Hall–Kier alpha value is -3.60. The van der Waals surface area contributed by atoms with Crippen LogP contribution >= 0.6 is 0 Å². The molecule has 5 heteroatoms. The van der Waals surface area contributed by atoms with Gasteiger partial charge in [-0.25, -0.2) is 4.39 Å². The third-order valence-corrected chi connectivity index (χ3v) is 3.78. The van der Waals surface area contributed by atoms with E-state index in [1.165, 1.54) is 18.2 Å². The van der Waals surface area contributed by atoms with Gasteiger partial charge >= 0.3 is 0 Å². The normalized spacial score (nSPS) is 10.6. The number of rotatable bonds is 8. The summed E-state index contributed by atoms with van der Waals surface area (Å²) in [6.45, 7) is 0.859. The quantitative estimate of drug-likeness (QED) is 0.447. The minimum Gasteiger partial charge on any atom is -0.490 e. The molecule has 1 N–H and O–H groups in total. The fourth-order valence-corrected chi connectivity index (χ4v) is 2.40. The maximum atomic E-state index is 12.9. The molecule has 0 spiro atoms. The smallest absolute Gasteiger partial charge is 0.248 e. The van der Waals surface area contributed by atoms with Crippen molar-refractivity contribution in [2.24, 2.45) is 0 Å². The van der Waals surface area contributed by atoms with Gasteiger partial charge in [0.2, 0.25) is 5.91 Å². The summed E-state index contributed by atoms with van der Waals surface area (Å²) >= 11 is 0. The molecule has 1 amide bonds. The number of ether oxygens (including phenoxy) is 2. The van der Waals surface area contributed by atoms with Crippen molar-refractivity contribution in [3.63, 3.8) is 0 Å². The van der Waals surface area contributed by atoms with Gasteiger partial charge in [-0.1, -0.05) is 30.3 Å². The minimum absolute atomic E-state index is 0.269. The van der Waals surface area contributed by atoms with E-state index in [1.807, 2.05) is 30.3 Å². The predicted octanol–water partition coefficient (Wildman–Crippen LogP) is 4.94. The van der Waals surface area contributed by atoms with Gasteiger partial charge in [0.1, 0.15) is 30.5 Å². The van der Waals surface area contributed by atoms with Gasteiger partial charge in [0.25, 0.3) is 0 Å². The van der Waals surface area contributed by atoms with Gasteiger partial charge in [0.05, 0.1) is 0 Å². The Morgan fingerprint density at radius 2 is 1.43 bits per heavy atom. The molecule has 3 rings (SSSR count). The van der Waals surface area contributed by atoms with Crippen molar-refractivity contribution in [1.82, 2.24) is 0 Å². The van der Waals surface area contributed by atoms with Crippen molar-refractivity contribution >= 4 is 17.7 Å². The maximum Gasteiger partial charge on any atom is 0.248 e. The van der Waals surface area contributed by atoms with Crippen molar-refractivity contribution in [2.75, 3.05) is 18.5 Å². The molecule has 0 aliphatic rings. The predicted molar refractivity (Wildman–Crippen MR) is 108 cm³/mol. The lowest BCUT2D eigenvalue weighted by Crippen LogP contribution is -2.09. The number of hydrogen-bond acceptors (Lipinski definition) is 3. The molecule has 142 valence electrons. The number of anilines is 1. The third-order valence-electron chi connectivity index (χ3n) is 3.78. The Kier molecular flexibility index (Phi) is 6.79. The van der Waals surface area contributed by atoms with Crippen LogP contribution in [0.15, 0.2) is 84.9 Å². The van der Waals surface area contributed by atoms with Gasteiger partial charge in [0, 0.05) is 11.8 Å². The molecule has 3 aromatic rings. The summed E-state index contributed by atoms with van der Waals surface area (Å²) in [5.74, 6) is 0.916. The van der Waals surface area contributed by atoms with Crippen LogP contribution in [-0.2, 0) is 4.79 Å². The molecule has 4 nitrogen and oxygen atoms in total. The highest BCUT2D eigenvalue weighted by Crippen LogP contribution is 2.16. The molecule has 0 bridgehead atoms. The Morgan fingerprint density at radius 3 is 2.07 bits per heavy atom. The summed E-state index contributed by atoms with van der Waals surface area (Å²) in [6.07, 6.45) is 3.03. The van der Waals surface area contributed by atoms with Crippen molar-refractivity contribution in [3.8, 4) is 11.5 Å². The second-order valence-electron chi connectivity index (χ2n) is 5.91. The summed E-state index contributed by atoms with van der Waals surface area (Å²) in [5, 5.41) is 2.76. The zero-order chi connectivity index (χ0) is 19.6. The fourth-order valence-electron chi connectivity index (χ4n) is 2.40. The first kappa shape index (κ1) is 19.2. The van der Waals surface area contributed by atoms with E-state index in [0.717, 1.165) is 11.3 Å². The second-order valence-corrected chi connectivity index (χ2v) is 5.91. The average Bonchev–Trinajstić information content (AvgIpc) is 2.73. The van der Waals surface area contributed by atoms with Crippen LogP contribution in [0.25, 0.3) is 6.08 Å². The van der Waals surface area contributed by atoms with Gasteiger partial charge in [-0.2, -0.15) is 0 Å². The number of halogens is 1. The van der Waals surface area contributed by atoms with E-state index in [0.29, 0.717) is 24.7 Å². The van der Waals surface area contributed by atoms with Crippen LogP contribution in [0.3, 0.4) is 0 Å². The summed E-state index contributed by atoms with van der Waals surface area (Å²) in [7, 11) is 0. The van der Waals surface area contributed by atoms with Crippen LogP contribution in [0.4, 0.5) is 10.1 Å². The number of amides is 1. The highest BCUT2D eigenvalue weighted by Gasteiger charge is 2.00. The highest BCUT2D eigenvalue weighted by molar-refractivity contribution is 6.01. The number of hydrogen-bond donors (Lipinski definition) is 1. The third kappa shape index (κ3) is 6.29. The first-order chi connectivity index (χ1) is 13.7. The van der Waals surface area contributed by atoms with Crippen molar-refractivity contribution in [1.29, 1.82) is 0 Å². The summed E-state index contributed by atoms with van der Waals surface area (Å²) in [5.41, 5.74) is 1.40. The molecule has 0 aliphatic heterocycles. The highest BCUT2D eigenvalue weighted by atomic mass is 19.1. The van der Waals surface area contributed by atoms with Gasteiger partial charge in [-0.05, 0) is 60.2 Å². The fraction of sp³-hybridized carbons (Fsp3) is 0.0870. The molecule has 0 aromatic heterocycles. The molecule has 0 aliphatic carbocycles. The Balaban J connectivity index is 1.42. The Bertz CT molecular complexity index is 907. The van der Waals surface area contributed by atoms with Crippen molar-refractivity contribution < 1.29 is 18.7 Å². The van der Waals surface area contributed by atoms with Gasteiger partial charge in [-0.15, -0.1) is 0 Å². The van der Waals surface area contributed by atoms with Gasteiger partial charge in [0.15, 0.2) is 0 Å². The minimum atomic E-state index is -0.310. The molecule has 3 aromatic carbocycles. The zero-order valence-corrected chi connectivity index (χ0v) is 15.2. The topological polar surface area (TPSA) is 47.6 Å². The van der Waals surface area contributed by atoms with E-state index < -0.39 is 0 Å². The summed E-state index contributed by atoms with van der Waals surface area (Å²) in [4.78, 5) is 12.0. The number of carbonyl (C=O) groups excluding carboxylic acids is 1. The van der Waals surface area contributed by atoms with E-state index in [2.05, 4.69) is 5.32 Å². The molecule has 0 unspecified atom stereocenters. The Morgan fingerprint density at radius 1 is 0.821 bits per heavy atom. The average molecular weight is 377 g/mol. The van der Waals surface area contributed by atoms with E-state index >= 15 is 0 Å². The molecule has 0 fully saturated rings. The lowest BCUT2D eigenvalue weighted by atomic mass is 10.2. The number of carbonyl (C=O) groups is 1. The van der Waals surface area contributed by atoms with Crippen LogP contribution in [0.2, 0.25) is 0 Å². The van der Waals surface area contributed by atoms with Crippen molar-refractivity contribution in [3.05, 3.63) is 96.3 Å². The lowest BCUT2D eigenvalue weighted by Gasteiger charge is -2.09. The molecule has 28 heavy (non-hydrogen) atoms. The van der Waals surface area contributed by atoms with E-state index in [4.69, 9.17) is 9.47 Å². The monoisotopic (exact) mass is 377 g/mol. The molecule has 0 heterocycles. The molecule has 0 radical (unpaired) electrons. The zero-order valence-electron chi connectivity index (χ0n) is 15.2. The molecule has 0 saturated heterocycles. The Labute approximate surface area is 163 Å². The second kappa shape index (κ2) is 9.92. The number of para-hydroxylation sites is 1. The van der Waals surface area contributed by atoms with Crippen LogP contribution in [0.5, 0.6) is 11.5 Å². The lowest BCUT2D eigenvalue weighted by molar-refractivity contribution is -0.111. The molecular weight excluding hydrogens is 357 g/mol. The van der Waals surface area contributed by atoms with Gasteiger partial charge < -0.3 is 14.8 Å². The number of benzene rings is 3. The largest absolute Gasteiger partial charge is 0.490 e. The first-order valence-electron chi connectivity index (χ1n) is 8.84. The standard InChI is InChI=1S/C23H20FNO3/c24-19-9-6-18(7-10-19)8-15-23(26)25-20-11-13-22(14-12-20)28-17-16-27-21-4-2-1-3-5-21/h1-15H,16-17H2,(H,25,26). The van der Waals surface area contributed by atoms with Crippen LogP contribution in [0.1, 0.15) is 5.56 Å². The first-order valence-corrected chi connectivity index (χ1v) is 8.84. The van der Waals surface area contributed by atoms with E-state index in [1.54, 1.807) is 42.5 Å².